The Morgan fingerprint density at radius 3 is 2.76 bits per heavy atom. The second-order valence-corrected chi connectivity index (χ2v) is 7.03. The summed E-state index contributed by atoms with van der Waals surface area (Å²) in [5.74, 6) is 1.65. The number of rotatable bonds is 7. The minimum absolute atomic E-state index is 0.0498. The SMILES string of the molecule is COc1ccc(CNC(=O)c2ccccc2SCC2CCCO2)cc1. The Bertz CT molecular complexity index is 696. The molecule has 0 saturated carbocycles. The van der Waals surface area contributed by atoms with Crippen LogP contribution in [0.4, 0.5) is 0 Å². The molecule has 1 heterocycles. The molecule has 25 heavy (non-hydrogen) atoms. The van der Waals surface area contributed by atoms with Crippen molar-refractivity contribution in [2.24, 2.45) is 0 Å². The second kappa shape index (κ2) is 8.92. The molecular formula is C20H23NO3S. The zero-order chi connectivity index (χ0) is 17.5. The highest BCUT2D eigenvalue weighted by molar-refractivity contribution is 7.99. The van der Waals surface area contributed by atoms with E-state index in [-0.39, 0.29) is 5.91 Å². The smallest absolute Gasteiger partial charge is 0.252 e. The van der Waals surface area contributed by atoms with E-state index in [1.165, 1.54) is 0 Å². The maximum atomic E-state index is 12.6. The third kappa shape index (κ3) is 5.00. The average Bonchev–Trinajstić information content (AvgIpc) is 3.18. The van der Waals surface area contributed by atoms with Crippen molar-refractivity contribution in [3.05, 3.63) is 59.7 Å². The predicted molar refractivity (Wildman–Crippen MR) is 100 cm³/mol. The van der Waals surface area contributed by atoms with Gasteiger partial charge in [0, 0.05) is 23.8 Å². The van der Waals surface area contributed by atoms with Crippen LogP contribution in [-0.2, 0) is 11.3 Å². The molecule has 5 heteroatoms. The first-order valence-corrected chi connectivity index (χ1v) is 9.49. The van der Waals surface area contributed by atoms with Crippen molar-refractivity contribution >= 4 is 17.7 Å². The largest absolute Gasteiger partial charge is 0.497 e. The molecule has 1 fully saturated rings. The summed E-state index contributed by atoms with van der Waals surface area (Å²) >= 11 is 1.70. The van der Waals surface area contributed by atoms with E-state index in [2.05, 4.69) is 5.32 Å². The summed E-state index contributed by atoms with van der Waals surface area (Å²) in [6, 6.07) is 15.5. The minimum atomic E-state index is -0.0498. The van der Waals surface area contributed by atoms with Gasteiger partial charge >= 0.3 is 0 Å². The van der Waals surface area contributed by atoms with Crippen LogP contribution in [0.5, 0.6) is 5.75 Å². The van der Waals surface area contributed by atoms with Crippen molar-refractivity contribution in [2.75, 3.05) is 19.5 Å². The molecule has 2 aromatic rings. The van der Waals surface area contributed by atoms with Gasteiger partial charge in [0.2, 0.25) is 0 Å². The fourth-order valence-corrected chi connectivity index (χ4v) is 3.88. The molecule has 1 amide bonds. The molecule has 1 N–H and O–H groups in total. The number of thioether (sulfide) groups is 1. The Kier molecular flexibility index (Phi) is 6.36. The van der Waals surface area contributed by atoms with Crippen LogP contribution in [0.15, 0.2) is 53.4 Å². The highest BCUT2D eigenvalue weighted by Gasteiger charge is 2.17. The molecule has 4 nitrogen and oxygen atoms in total. The van der Waals surface area contributed by atoms with Crippen LogP contribution >= 0.6 is 11.8 Å². The first kappa shape index (κ1) is 17.8. The molecule has 1 saturated heterocycles. The van der Waals surface area contributed by atoms with Gasteiger partial charge in [0.25, 0.3) is 5.91 Å². The lowest BCUT2D eigenvalue weighted by molar-refractivity contribution is 0.0948. The summed E-state index contributed by atoms with van der Waals surface area (Å²) < 4.78 is 10.8. The zero-order valence-corrected chi connectivity index (χ0v) is 15.2. The molecule has 2 aromatic carbocycles. The summed E-state index contributed by atoms with van der Waals surface area (Å²) in [6.07, 6.45) is 2.55. The lowest BCUT2D eigenvalue weighted by atomic mass is 10.2. The van der Waals surface area contributed by atoms with Crippen molar-refractivity contribution in [3.63, 3.8) is 0 Å². The van der Waals surface area contributed by atoms with Gasteiger partial charge in [-0.15, -0.1) is 11.8 Å². The molecule has 0 bridgehead atoms. The third-order valence-corrected chi connectivity index (χ3v) is 5.40. The number of methoxy groups -OCH3 is 1. The molecule has 0 aromatic heterocycles. The van der Waals surface area contributed by atoms with Gasteiger partial charge in [-0.3, -0.25) is 4.79 Å². The number of nitrogens with one attached hydrogen (secondary N) is 1. The zero-order valence-electron chi connectivity index (χ0n) is 14.4. The lowest BCUT2D eigenvalue weighted by Gasteiger charge is -2.12. The van der Waals surface area contributed by atoms with E-state index < -0.39 is 0 Å². The standard InChI is InChI=1S/C20H23NO3S/c1-23-16-10-8-15(9-11-16)13-21-20(22)18-6-2-3-7-19(18)25-14-17-5-4-12-24-17/h2-3,6-11,17H,4-5,12-14H2,1H3,(H,21,22). The summed E-state index contributed by atoms with van der Waals surface area (Å²) in [4.78, 5) is 13.6. The Morgan fingerprint density at radius 1 is 1.24 bits per heavy atom. The van der Waals surface area contributed by atoms with Crippen LogP contribution < -0.4 is 10.1 Å². The van der Waals surface area contributed by atoms with Crippen LogP contribution in [0.3, 0.4) is 0 Å². The van der Waals surface area contributed by atoms with E-state index in [1.807, 2.05) is 48.5 Å². The fourth-order valence-electron chi connectivity index (χ4n) is 2.76. The van der Waals surface area contributed by atoms with Crippen molar-refractivity contribution in [3.8, 4) is 5.75 Å². The van der Waals surface area contributed by atoms with E-state index in [4.69, 9.17) is 9.47 Å². The van der Waals surface area contributed by atoms with E-state index in [9.17, 15) is 4.79 Å². The van der Waals surface area contributed by atoms with Gasteiger partial charge in [0.1, 0.15) is 5.75 Å². The van der Waals surface area contributed by atoms with Crippen LogP contribution in [0.2, 0.25) is 0 Å². The highest BCUT2D eigenvalue weighted by Crippen LogP contribution is 2.26. The molecular weight excluding hydrogens is 334 g/mol. The predicted octanol–water partition coefficient (Wildman–Crippen LogP) is 3.90. The molecule has 0 aliphatic carbocycles. The summed E-state index contributed by atoms with van der Waals surface area (Å²) in [7, 11) is 1.64. The van der Waals surface area contributed by atoms with Gasteiger partial charge in [-0.2, -0.15) is 0 Å². The topological polar surface area (TPSA) is 47.6 Å². The highest BCUT2D eigenvalue weighted by atomic mass is 32.2. The second-order valence-electron chi connectivity index (χ2n) is 5.97. The summed E-state index contributed by atoms with van der Waals surface area (Å²) in [5, 5.41) is 3.00. The molecule has 1 unspecified atom stereocenters. The molecule has 0 radical (unpaired) electrons. The van der Waals surface area contributed by atoms with Crippen molar-refractivity contribution in [1.82, 2.24) is 5.32 Å². The number of hydrogen-bond acceptors (Lipinski definition) is 4. The first-order chi connectivity index (χ1) is 12.3. The first-order valence-electron chi connectivity index (χ1n) is 8.51. The number of hydrogen-bond donors (Lipinski definition) is 1. The number of benzene rings is 2. The Morgan fingerprint density at radius 2 is 2.04 bits per heavy atom. The van der Waals surface area contributed by atoms with Crippen LogP contribution in [-0.4, -0.2) is 31.5 Å². The fraction of sp³-hybridized carbons (Fsp3) is 0.350. The summed E-state index contributed by atoms with van der Waals surface area (Å²) in [5.41, 5.74) is 1.76. The normalized spacial score (nSPS) is 16.6. The van der Waals surface area contributed by atoms with E-state index in [0.29, 0.717) is 12.6 Å². The lowest BCUT2D eigenvalue weighted by Crippen LogP contribution is -2.23. The maximum Gasteiger partial charge on any atom is 0.252 e. The van der Waals surface area contributed by atoms with Crippen LogP contribution in [0.1, 0.15) is 28.8 Å². The number of amides is 1. The minimum Gasteiger partial charge on any atom is -0.497 e. The Balaban J connectivity index is 1.58. The molecule has 0 spiro atoms. The monoisotopic (exact) mass is 357 g/mol. The van der Waals surface area contributed by atoms with Crippen molar-refractivity contribution < 1.29 is 14.3 Å². The Hall–Kier alpha value is -1.98. The van der Waals surface area contributed by atoms with Gasteiger partial charge in [-0.1, -0.05) is 24.3 Å². The van der Waals surface area contributed by atoms with Crippen LogP contribution in [0.25, 0.3) is 0 Å². The quantitative estimate of drug-likeness (QED) is 0.764. The number of carbonyl (C=O) groups is 1. The van der Waals surface area contributed by atoms with Crippen molar-refractivity contribution in [2.45, 2.75) is 30.4 Å². The average molecular weight is 357 g/mol. The maximum absolute atomic E-state index is 12.6. The molecule has 1 aliphatic rings. The number of ether oxygens (including phenoxy) is 2. The molecule has 132 valence electrons. The van der Waals surface area contributed by atoms with Gasteiger partial charge in [-0.25, -0.2) is 0 Å². The van der Waals surface area contributed by atoms with Crippen molar-refractivity contribution in [1.29, 1.82) is 0 Å². The van der Waals surface area contributed by atoms with Gasteiger partial charge in [0.15, 0.2) is 0 Å². The molecule has 3 rings (SSSR count). The third-order valence-electron chi connectivity index (χ3n) is 4.19. The van der Waals surface area contributed by atoms with Gasteiger partial charge < -0.3 is 14.8 Å². The number of carbonyl (C=O) groups excluding carboxylic acids is 1. The van der Waals surface area contributed by atoms with Crippen LogP contribution in [0, 0.1) is 0 Å². The van der Waals surface area contributed by atoms with E-state index in [1.54, 1.807) is 18.9 Å². The molecule has 1 aliphatic heterocycles. The van der Waals surface area contributed by atoms with E-state index in [0.717, 1.165) is 47.0 Å². The summed E-state index contributed by atoms with van der Waals surface area (Å²) in [6.45, 7) is 1.35. The van der Waals surface area contributed by atoms with E-state index >= 15 is 0 Å². The van der Waals surface area contributed by atoms with Gasteiger partial charge in [-0.05, 0) is 42.7 Å². The Labute approximate surface area is 152 Å². The molecule has 1 atom stereocenters. The van der Waals surface area contributed by atoms with Gasteiger partial charge in [0.05, 0.1) is 18.8 Å².